The van der Waals surface area contributed by atoms with Gasteiger partial charge in [-0.05, 0) is 6.07 Å². The number of rotatable bonds is 3. The second-order valence-electron chi connectivity index (χ2n) is 3.94. The van der Waals surface area contributed by atoms with E-state index in [2.05, 4.69) is 4.74 Å². The molecule has 9 heteroatoms. The van der Waals surface area contributed by atoms with Crippen LogP contribution in [0.1, 0.15) is 0 Å². The normalized spacial score (nSPS) is 11.1. The molecule has 2 aromatic carbocycles. The molecule has 0 saturated heterocycles. The van der Waals surface area contributed by atoms with Crippen molar-refractivity contribution in [1.82, 2.24) is 0 Å². The Morgan fingerprint density at radius 3 is 1.73 bits per heavy atom. The Balaban J connectivity index is 2.73. The first-order valence-electron chi connectivity index (χ1n) is 5.50. The maximum Gasteiger partial charge on any atom is 0.387 e. The van der Waals surface area contributed by atoms with Gasteiger partial charge in [-0.2, -0.15) is 8.78 Å². The largest absolute Gasteiger partial charge is 0.433 e. The van der Waals surface area contributed by atoms with Crippen molar-refractivity contribution in [3.8, 4) is 16.9 Å². The summed E-state index contributed by atoms with van der Waals surface area (Å²) >= 11 is 36.2. The lowest BCUT2D eigenvalue weighted by Gasteiger charge is -2.15. The fourth-order valence-electron chi connectivity index (χ4n) is 1.73. The Kier molecular flexibility index (Phi) is 5.92. The van der Waals surface area contributed by atoms with E-state index in [0.29, 0.717) is 0 Å². The fourth-order valence-corrected chi connectivity index (χ4v) is 3.34. The van der Waals surface area contributed by atoms with Crippen LogP contribution in [0.15, 0.2) is 18.2 Å². The second-order valence-corrected chi connectivity index (χ2v) is 6.21. The lowest BCUT2D eigenvalue weighted by molar-refractivity contribution is -0.0497. The molecule has 2 aromatic rings. The second kappa shape index (κ2) is 7.16. The Morgan fingerprint density at radius 2 is 1.23 bits per heavy atom. The summed E-state index contributed by atoms with van der Waals surface area (Å²) < 4.78 is 29.1. The van der Waals surface area contributed by atoms with Crippen molar-refractivity contribution in [2.75, 3.05) is 0 Å². The minimum Gasteiger partial charge on any atom is -0.433 e. The van der Waals surface area contributed by atoms with Crippen LogP contribution in [0.4, 0.5) is 8.78 Å². The summed E-state index contributed by atoms with van der Waals surface area (Å²) in [6, 6.07) is 4.23. The summed E-state index contributed by atoms with van der Waals surface area (Å²) in [6.45, 7) is -3.03. The summed E-state index contributed by atoms with van der Waals surface area (Å²) in [6.07, 6.45) is 0. The van der Waals surface area contributed by atoms with Crippen LogP contribution in [0.25, 0.3) is 11.1 Å². The molecule has 0 heterocycles. The van der Waals surface area contributed by atoms with Crippen molar-refractivity contribution in [3.63, 3.8) is 0 Å². The molecule has 0 unspecified atom stereocenters. The third kappa shape index (κ3) is 3.35. The molecule has 0 atom stereocenters. The molecule has 1 nitrogen and oxygen atoms in total. The predicted molar refractivity (Wildman–Crippen MR) is 88.6 cm³/mol. The number of benzene rings is 2. The Labute approximate surface area is 154 Å². The molecular formula is C13H4Cl6F2O. The highest BCUT2D eigenvalue weighted by molar-refractivity contribution is 6.56. The lowest BCUT2D eigenvalue weighted by Crippen LogP contribution is -2.02. The van der Waals surface area contributed by atoms with Crippen LogP contribution in [0.3, 0.4) is 0 Å². The first kappa shape index (κ1) is 18.2. The molecule has 0 fully saturated rings. The Morgan fingerprint density at radius 1 is 0.727 bits per heavy atom. The number of halogens is 8. The van der Waals surface area contributed by atoms with Gasteiger partial charge >= 0.3 is 6.61 Å². The minimum atomic E-state index is -3.03. The highest BCUT2D eigenvalue weighted by Gasteiger charge is 2.23. The van der Waals surface area contributed by atoms with E-state index in [1.807, 2.05) is 0 Å². The third-order valence-corrected chi connectivity index (χ3v) is 5.33. The Hall–Kier alpha value is -0.160. The van der Waals surface area contributed by atoms with Crippen LogP contribution in [-0.2, 0) is 0 Å². The molecule has 118 valence electrons. The summed E-state index contributed by atoms with van der Waals surface area (Å²) in [5.74, 6) is -0.233. The number of hydrogen-bond donors (Lipinski definition) is 0. The molecule has 0 amide bonds. The predicted octanol–water partition coefficient (Wildman–Crippen LogP) is 7.88. The number of ether oxygens (including phenoxy) is 1. The van der Waals surface area contributed by atoms with Gasteiger partial charge in [0.05, 0.1) is 30.1 Å². The molecule has 22 heavy (non-hydrogen) atoms. The van der Waals surface area contributed by atoms with Crippen LogP contribution in [0.5, 0.6) is 5.75 Å². The van der Waals surface area contributed by atoms with Crippen LogP contribution < -0.4 is 4.74 Å². The molecule has 0 radical (unpaired) electrons. The minimum absolute atomic E-state index is 0.00263. The summed E-state index contributed by atoms with van der Waals surface area (Å²) in [7, 11) is 0. The standard InChI is InChI=1S/C13H4Cl6F2O/c14-7-4(2-1-3-5(7)22-13(20)21)6-8(15)10(17)12(19)11(18)9(6)16/h1-3,13H. The van der Waals surface area contributed by atoms with E-state index in [9.17, 15) is 8.78 Å². The molecule has 0 bridgehead atoms. The molecule has 0 aliphatic rings. The maximum absolute atomic E-state index is 12.4. The van der Waals surface area contributed by atoms with Crippen molar-refractivity contribution in [1.29, 1.82) is 0 Å². The quantitative estimate of drug-likeness (QED) is 0.358. The SMILES string of the molecule is FC(F)Oc1cccc(-c2c(Cl)c(Cl)c(Cl)c(Cl)c2Cl)c1Cl. The zero-order chi connectivity index (χ0) is 16.6. The maximum atomic E-state index is 12.4. The number of hydrogen-bond acceptors (Lipinski definition) is 1. The first-order chi connectivity index (χ1) is 10.3. The van der Waals surface area contributed by atoms with Crippen LogP contribution >= 0.6 is 69.6 Å². The molecule has 0 saturated carbocycles. The lowest BCUT2D eigenvalue weighted by atomic mass is 10.0. The number of alkyl halides is 2. The Bertz CT molecular complexity index is 706. The van der Waals surface area contributed by atoms with Gasteiger partial charge < -0.3 is 4.74 Å². The van der Waals surface area contributed by atoms with Gasteiger partial charge in [0.2, 0.25) is 0 Å². The smallest absolute Gasteiger partial charge is 0.387 e. The average Bonchev–Trinajstić information content (AvgIpc) is 2.46. The van der Waals surface area contributed by atoms with E-state index in [-0.39, 0.29) is 47.0 Å². The molecule has 0 aliphatic heterocycles. The van der Waals surface area contributed by atoms with E-state index in [1.165, 1.54) is 18.2 Å². The van der Waals surface area contributed by atoms with Crippen LogP contribution in [0.2, 0.25) is 30.1 Å². The van der Waals surface area contributed by atoms with Crippen molar-refractivity contribution in [2.24, 2.45) is 0 Å². The van der Waals surface area contributed by atoms with E-state index in [0.717, 1.165) is 0 Å². The zero-order valence-electron chi connectivity index (χ0n) is 10.2. The van der Waals surface area contributed by atoms with E-state index in [1.54, 1.807) is 0 Å². The fraction of sp³-hybridized carbons (Fsp3) is 0.0769. The zero-order valence-corrected chi connectivity index (χ0v) is 14.8. The molecular weight excluding hydrogens is 423 g/mol. The molecule has 2 rings (SSSR count). The van der Waals surface area contributed by atoms with E-state index in [4.69, 9.17) is 69.6 Å². The van der Waals surface area contributed by atoms with Gasteiger partial charge in [-0.1, -0.05) is 81.7 Å². The summed E-state index contributed by atoms with van der Waals surface area (Å²) in [5, 5.41) is -0.179. The summed E-state index contributed by atoms with van der Waals surface area (Å²) in [4.78, 5) is 0. The monoisotopic (exact) mass is 424 g/mol. The molecule has 0 N–H and O–H groups in total. The van der Waals surface area contributed by atoms with Crippen molar-refractivity contribution in [2.45, 2.75) is 6.61 Å². The van der Waals surface area contributed by atoms with Crippen molar-refractivity contribution >= 4 is 69.6 Å². The van der Waals surface area contributed by atoms with Gasteiger partial charge in [0.25, 0.3) is 0 Å². The molecule has 0 aliphatic carbocycles. The van der Waals surface area contributed by atoms with Gasteiger partial charge in [-0.15, -0.1) is 0 Å². The van der Waals surface area contributed by atoms with Gasteiger partial charge in [0, 0.05) is 11.1 Å². The average molecular weight is 427 g/mol. The van der Waals surface area contributed by atoms with Gasteiger partial charge in [-0.25, -0.2) is 0 Å². The van der Waals surface area contributed by atoms with Gasteiger partial charge in [0.1, 0.15) is 5.75 Å². The van der Waals surface area contributed by atoms with E-state index < -0.39 is 6.61 Å². The van der Waals surface area contributed by atoms with Gasteiger partial charge in [0.15, 0.2) is 0 Å². The van der Waals surface area contributed by atoms with Crippen LogP contribution in [-0.4, -0.2) is 6.61 Å². The van der Waals surface area contributed by atoms with Crippen molar-refractivity contribution in [3.05, 3.63) is 48.3 Å². The van der Waals surface area contributed by atoms with Crippen molar-refractivity contribution < 1.29 is 13.5 Å². The molecule has 0 spiro atoms. The highest BCUT2D eigenvalue weighted by atomic mass is 35.5. The van der Waals surface area contributed by atoms with Crippen LogP contribution in [0, 0.1) is 0 Å². The molecule has 0 aromatic heterocycles. The summed E-state index contributed by atoms with van der Waals surface area (Å²) in [5.41, 5.74) is 0.405. The third-order valence-electron chi connectivity index (χ3n) is 2.66. The van der Waals surface area contributed by atoms with Gasteiger partial charge in [-0.3, -0.25) is 0 Å². The van der Waals surface area contributed by atoms with E-state index >= 15 is 0 Å². The first-order valence-corrected chi connectivity index (χ1v) is 7.77. The highest BCUT2D eigenvalue weighted by Crippen LogP contribution is 2.50. The topological polar surface area (TPSA) is 9.23 Å².